The normalized spacial score (nSPS) is 13.3. The predicted octanol–water partition coefficient (Wildman–Crippen LogP) is 3.26. The van der Waals surface area contributed by atoms with Crippen LogP contribution < -0.4 is 4.90 Å². The van der Waals surface area contributed by atoms with E-state index in [1.165, 1.54) is 12.1 Å². The molecule has 0 spiro atoms. The first kappa shape index (κ1) is 13.5. The van der Waals surface area contributed by atoms with Crippen molar-refractivity contribution in [3.05, 3.63) is 63.4 Å². The molecule has 1 heterocycles. The van der Waals surface area contributed by atoms with Crippen LogP contribution in [0.5, 0.6) is 0 Å². The van der Waals surface area contributed by atoms with E-state index in [9.17, 15) is 14.0 Å². The fourth-order valence-corrected chi connectivity index (χ4v) is 2.59. The molecule has 4 nitrogen and oxygen atoms in total. The molecule has 2 amide bonds. The first-order chi connectivity index (χ1) is 10.0. The summed E-state index contributed by atoms with van der Waals surface area (Å²) in [5.74, 6) is -1.65. The molecule has 21 heavy (non-hydrogen) atoms. The molecular formula is C15H6BrFN2O2. The van der Waals surface area contributed by atoms with Crippen LogP contribution in [0.2, 0.25) is 0 Å². The summed E-state index contributed by atoms with van der Waals surface area (Å²) in [6.45, 7) is 0. The highest BCUT2D eigenvalue weighted by atomic mass is 79.9. The molecule has 2 aromatic carbocycles. The van der Waals surface area contributed by atoms with Gasteiger partial charge in [-0.1, -0.05) is 15.9 Å². The second-order valence-electron chi connectivity index (χ2n) is 4.41. The number of nitrogens with zero attached hydrogens (tertiary/aromatic N) is 2. The van der Waals surface area contributed by atoms with Crippen molar-refractivity contribution in [2.75, 3.05) is 4.90 Å². The zero-order chi connectivity index (χ0) is 15.1. The lowest BCUT2D eigenvalue weighted by atomic mass is 10.1. The molecule has 102 valence electrons. The second kappa shape index (κ2) is 4.79. The van der Waals surface area contributed by atoms with E-state index in [1.54, 1.807) is 18.2 Å². The molecule has 2 aromatic rings. The van der Waals surface area contributed by atoms with E-state index in [2.05, 4.69) is 15.9 Å². The zero-order valence-corrected chi connectivity index (χ0v) is 12.0. The molecule has 0 aromatic heterocycles. The third-order valence-corrected chi connectivity index (χ3v) is 3.66. The molecule has 0 bridgehead atoms. The summed E-state index contributed by atoms with van der Waals surface area (Å²) in [4.78, 5) is 25.7. The van der Waals surface area contributed by atoms with E-state index in [0.29, 0.717) is 4.47 Å². The minimum atomic E-state index is -0.602. The van der Waals surface area contributed by atoms with Crippen molar-refractivity contribution >= 4 is 33.4 Å². The Bertz CT molecular complexity index is 842. The quantitative estimate of drug-likeness (QED) is 0.746. The number of rotatable bonds is 1. The predicted molar refractivity (Wildman–Crippen MR) is 76.4 cm³/mol. The Morgan fingerprint density at radius 2 is 1.76 bits per heavy atom. The molecule has 0 radical (unpaired) electrons. The standard InChI is InChI=1S/C15H6BrFN2O2/c16-9-1-3-11-12(6-9)15(21)19(14(11)20)13-4-2-10(17)5-8(13)7-18/h1-6H. The molecule has 3 rings (SSSR count). The number of fused-ring (bicyclic) bond motifs is 1. The van der Waals surface area contributed by atoms with Crippen molar-refractivity contribution < 1.29 is 14.0 Å². The Morgan fingerprint density at radius 1 is 1.05 bits per heavy atom. The number of carbonyl (C=O) groups excluding carboxylic acids is 2. The van der Waals surface area contributed by atoms with E-state index in [0.717, 1.165) is 17.0 Å². The van der Waals surface area contributed by atoms with Crippen LogP contribution in [-0.2, 0) is 0 Å². The average molecular weight is 345 g/mol. The van der Waals surface area contributed by atoms with Crippen LogP contribution in [-0.4, -0.2) is 11.8 Å². The highest BCUT2D eigenvalue weighted by molar-refractivity contribution is 9.10. The fourth-order valence-electron chi connectivity index (χ4n) is 2.22. The van der Waals surface area contributed by atoms with Crippen molar-refractivity contribution in [3.63, 3.8) is 0 Å². The van der Waals surface area contributed by atoms with Crippen LogP contribution in [0.15, 0.2) is 40.9 Å². The lowest BCUT2D eigenvalue weighted by Gasteiger charge is -2.15. The molecule has 1 aliphatic rings. The van der Waals surface area contributed by atoms with Gasteiger partial charge in [-0.2, -0.15) is 5.26 Å². The molecule has 1 aliphatic heterocycles. The number of carbonyl (C=O) groups is 2. The third-order valence-electron chi connectivity index (χ3n) is 3.17. The Balaban J connectivity index is 2.17. The Labute approximate surface area is 127 Å². The van der Waals surface area contributed by atoms with Gasteiger partial charge in [-0.15, -0.1) is 0 Å². The third kappa shape index (κ3) is 2.03. The lowest BCUT2D eigenvalue weighted by Crippen LogP contribution is -2.30. The number of amides is 2. The van der Waals surface area contributed by atoms with Crippen LogP contribution >= 0.6 is 15.9 Å². The first-order valence-electron chi connectivity index (χ1n) is 5.91. The summed E-state index contributed by atoms with van der Waals surface area (Å²) in [7, 11) is 0. The molecule has 0 N–H and O–H groups in total. The SMILES string of the molecule is N#Cc1cc(F)ccc1N1C(=O)c2ccc(Br)cc2C1=O. The lowest BCUT2D eigenvalue weighted by molar-refractivity contribution is 0.0926. The van der Waals surface area contributed by atoms with Crippen LogP contribution in [0, 0.1) is 17.1 Å². The average Bonchev–Trinajstić information content (AvgIpc) is 2.71. The second-order valence-corrected chi connectivity index (χ2v) is 5.32. The van der Waals surface area contributed by atoms with Crippen molar-refractivity contribution in [1.29, 1.82) is 5.26 Å². The van der Waals surface area contributed by atoms with E-state index in [-0.39, 0.29) is 22.4 Å². The molecule has 0 aliphatic carbocycles. The van der Waals surface area contributed by atoms with Gasteiger partial charge in [-0.05, 0) is 36.4 Å². The Hall–Kier alpha value is -2.52. The zero-order valence-electron chi connectivity index (χ0n) is 10.4. The smallest absolute Gasteiger partial charge is 0.266 e. The van der Waals surface area contributed by atoms with Gasteiger partial charge in [0, 0.05) is 4.47 Å². The van der Waals surface area contributed by atoms with E-state index in [4.69, 9.17) is 5.26 Å². The minimum Gasteiger partial charge on any atom is -0.268 e. The monoisotopic (exact) mass is 344 g/mol. The van der Waals surface area contributed by atoms with Gasteiger partial charge in [0.25, 0.3) is 11.8 Å². The maximum atomic E-state index is 13.2. The molecule has 0 saturated heterocycles. The molecule has 0 saturated carbocycles. The van der Waals surface area contributed by atoms with Crippen molar-refractivity contribution in [1.82, 2.24) is 0 Å². The largest absolute Gasteiger partial charge is 0.268 e. The molecular weight excluding hydrogens is 339 g/mol. The van der Waals surface area contributed by atoms with Crippen molar-refractivity contribution in [3.8, 4) is 6.07 Å². The maximum Gasteiger partial charge on any atom is 0.266 e. The number of hydrogen-bond acceptors (Lipinski definition) is 3. The molecule has 0 fully saturated rings. The van der Waals surface area contributed by atoms with E-state index >= 15 is 0 Å². The minimum absolute atomic E-state index is 0.0661. The number of anilines is 1. The van der Waals surface area contributed by atoms with Gasteiger partial charge in [0.1, 0.15) is 11.9 Å². The summed E-state index contributed by atoms with van der Waals surface area (Å²) < 4.78 is 13.9. The Kier molecular flexibility index (Phi) is 3.07. The highest BCUT2D eigenvalue weighted by Gasteiger charge is 2.37. The number of nitriles is 1. The van der Waals surface area contributed by atoms with Crippen molar-refractivity contribution in [2.24, 2.45) is 0 Å². The van der Waals surface area contributed by atoms with Crippen molar-refractivity contribution in [2.45, 2.75) is 0 Å². The van der Waals surface area contributed by atoms with Gasteiger partial charge < -0.3 is 0 Å². The molecule has 0 atom stereocenters. The summed E-state index contributed by atoms with van der Waals surface area (Å²) in [6, 6.07) is 9.89. The number of benzene rings is 2. The number of imide groups is 1. The van der Waals surface area contributed by atoms with Crippen LogP contribution in [0.4, 0.5) is 10.1 Å². The van der Waals surface area contributed by atoms with Gasteiger partial charge in [0.05, 0.1) is 22.4 Å². The van der Waals surface area contributed by atoms with Gasteiger partial charge in [-0.3, -0.25) is 9.59 Å². The summed E-state index contributed by atoms with van der Waals surface area (Å²) in [5, 5.41) is 9.06. The van der Waals surface area contributed by atoms with Gasteiger partial charge >= 0.3 is 0 Å². The van der Waals surface area contributed by atoms with E-state index < -0.39 is 17.6 Å². The molecule has 0 unspecified atom stereocenters. The maximum absolute atomic E-state index is 13.2. The topological polar surface area (TPSA) is 61.2 Å². The summed E-state index contributed by atoms with van der Waals surface area (Å²) in [5.41, 5.74) is 0.531. The fraction of sp³-hybridized carbons (Fsp3) is 0. The van der Waals surface area contributed by atoms with E-state index in [1.807, 2.05) is 0 Å². The summed E-state index contributed by atoms with van der Waals surface area (Å²) >= 11 is 3.24. The highest BCUT2D eigenvalue weighted by Crippen LogP contribution is 2.32. The summed E-state index contributed by atoms with van der Waals surface area (Å²) in [6.07, 6.45) is 0. The van der Waals surface area contributed by atoms with Gasteiger partial charge in [0.2, 0.25) is 0 Å². The van der Waals surface area contributed by atoms with Gasteiger partial charge in [0.15, 0.2) is 0 Å². The van der Waals surface area contributed by atoms with Crippen LogP contribution in [0.3, 0.4) is 0 Å². The number of hydrogen-bond donors (Lipinski definition) is 0. The number of halogens is 2. The van der Waals surface area contributed by atoms with Gasteiger partial charge in [-0.25, -0.2) is 9.29 Å². The van der Waals surface area contributed by atoms with Crippen LogP contribution in [0.1, 0.15) is 26.3 Å². The molecule has 6 heteroatoms. The Morgan fingerprint density at radius 3 is 2.48 bits per heavy atom. The first-order valence-corrected chi connectivity index (χ1v) is 6.70. The van der Waals surface area contributed by atoms with Crippen LogP contribution in [0.25, 0.3) is 0 Å².